The van der Waals surface area contributed by atoms with Gasteiger partial charge in [0.15, 0.2) is 0 Å². The zero-order chi connectivity index (χ0) is 24.8. The Morgan fingerprint density at radius 2 is 1.77 bits per heavy atom. The van der Waals surface area contributed by atoms with Gasteiger partial charge in [0.2, 0.25) is 5.91 Å². The summed E-state index contributed by atoms with van der Waals surface area (Å²) >= 11 is 1.49. The fourth-order valence-corrected chi connectivity index (χ4v) is 5.05. The van der Waals surface area contributed by atoms with Crippen molar-refractivity contribution >= 4 is 17.2 Å². The number of hydrogen-bond acceptors (Lipinski definition) is 7. The van der Waals surface area contributed by atoms with Crippen LogP contribution in [0.4, 0.5) is 0 Å². The van der Waals surface area contributed by atoms with Crippen LogP contribution in [0.2, 0.25) is 0 Å². The fraction of sp³-hybridized carbons (Fsp3) is 0.407. The van der Waals surface area contributed by atoms with Crippen LogP contribution in [0, 0.1) is 11.3 Å². The number of amides is 1. The maximum absolute atomic E-state index is 12.5. The highest BCUT2D eigenvalue weighted by molar-refractivity contribution is 7.17. The topological polar surface area (TPSA) is 99.3 Å². The quantitative estimate of drug-likeness (QED) is 0.463. The summed E-state index contributed by atoms with van der Waals surface area (Å²) in [6.45, 7) is 5.43. The number of aromatic nitrogens is 2. The van der Waals surface area contributed by atoms with Gasteiger partial charge in [-0.3, -0.25) is 4.79 Å². The van der Waals surface area contributed by atoms with Gasteiger partial charge in [-0.1, -0.05) is 23.5 Å². The summed E-state index contributed by atoms with van der Waals surface area (Å²) in [5.74, 6) is 0.740. The van der Waals surface area contributed by atoms with E-state index >= 15 is 0 Å². The normalized spacial score (nSPS) is 13.3. The molecule has 1 aliphatic heterocycles. The van der Waals surface area contributed by atoms with Crippen LogP contribution in [0.3, 0.4) is 0 Å². The lowest BCUT2D eigenvalue weighted by Gasteiger charge is -2.20. The van der Waals surface area contributed by atoms with Crippen LogP contribution in [0.1, 0.15) is 49.8 Å². The molecule has 3 aromatic rings. The molecule has 1 amide bonds. The number of hydrogen-bond donors (Lipinski definition) is 1. The highest BCUT2D eigenvalue weighted by Gasteiger charge is 2.19. The van der Waals surface area contributed by atoms with E-state index in [2.05, 4.69) is 34.5 Å². The van der Waals surface area contributed by atoms with Crippen molar-refractivity contribution in [3.05, 3.63) is 53.1 Å². The van der Waals surface area contributed by atoms with E-state index in [1.54, 1.807) is 6.07 Å². The molecule has 4 rings (SSSR count). The van der Waals surface area contributed by atoms with Gasteiger partial charge in [0, 0.05) is 37.2 Å². The van der Waals surface area contributed by atoms with Crippen LogP contribution >= 0.6 is 11.3 Å². The number of aliphatic hydroxyl groups is 1. The molecule has 0 spiro atoms. The highest BCUT2D eigenvalue weighted by Crippen LogP contribution is 2.33. The Kier molecular flexibility index (Phi) is 8.11. The molecule has 1 aromatic heterocycles. The first-order valence-corrected chi connectivity index (χ1v) is 12.9. The van der Waals surface area contributed by atoms with E-state index in [1.165, 1.54) is 22.5 Å². The van der Waals surface area contributed by atoms with Gasteiger partial charge in [0.05, 0.1) is 11.7 Å². The predicted molar refractivity (Wildman–Crippen MR) is 136 cm³/mol. The molecule has 2 heterocycles. The monoisotopic (exact) mass is 490 g/mol. The summed E-state index contributed by atoms with van der Waals surface area (Å²) in [7, 11) is 0. The van der Waals surface area contributed by atoms with Gasteiger partial charge < -0.3 is 14.7 Å². The maximum Gasteiger partial charge on any atom is 0.222 e. The van der Waals surface area contributed by atoms with Crippen molar-refractivity contribution in [1.29, 1.82) is 5.26 Å². The van der Waals surface area contributed by atoms with Crippen molar-refractivity contribution in [2.45, 2.75) is 52.1 Å². The van der Waals surface area contributed by atoms with Crippen molar-refractivity contribution < 1.29 is 14.6 Å². The number of fused-ring (bicyclic) bond motifs is 1. The minimum Gasteiger partial charge on any atom is -0.490 e. The fourth-order valence-electron chi connectivity index (χ4n) is 4.22. The number of ether oxygens (including phenoxy) is 1. The number of rotatable bonds is 8. The van der Waals surface area contributed by atoms with E-state index in [0.29, 0.717) is 30.7 Å². The molecule has 0 unspecified atom stereocenters. The Labute approximate surface area is 210 Å². The minimum absolute atomic E-state index is 0.00856. The van der Waals surface area contributed by atoms with Crippen LogP contribution < -0.4 is 4.74 Å². The first-order chi connectivity index (χ1) is 17.0. The number of carbonyl (C=O) groups excluding carboxylic acids is 1. The van der Waals surface area contributed by atoms with Gasteiger partial charge in [0.25, 0.3) is 0 Å². The molecule has 0 radical (unpaired) electrons. The average Bonchev–Trinajstić information content (AvgIpc) is 3.25. The molecular weight excluding hydrogens is 460 g/mol. The molecule has 0 bridgehead atoms. The summed E-state index contributed by atoms with van der Waals surface area (Å²) in [6, 6.07) is 14.1. The van der Waals surface area contributed by atoms with E-state index < -0.39 is 0 Å². The van der Waals surface area contributed by atoms with Gasteiger partial charge in [-0.15, -0.1) is 10.2 Å². The number of nitrogens with zero attached hydrogens (tertiary/aromatic N) is 4. The van der Waals surface area contributed by atoms with Crippen LogP contribution in [-0.2, 0) is 17.6 Å². The van der Waals surface area contributed by atoms with Crippen LogP contribution in [0.5, 0.6) is 5.75 Å². The third-order valence-electron chi connectivity index (χ3n) is 6.04. The lowest BCUT2D eigenvalue weighted by molar-refractivity contribution is -0.131. The zero-order valence-corrected chi connectivity index (χ0v) is 21.0. The molecule has 0 fully saturated rings. The van der Waals surface area contributed by atoms with E-state index in [9.17, 15) is 10.1 Å². The first-order valence-electron chi connectivity index (χ1n) is 12.0. The zero-order valence-electron chi connectivity index (χ0n) is 20.2. The standard InChI is InChI=1S/C27H30N4O3S/c1-18(2)34-24-9-8-22(16-23(24)17-28)27-30-29-26(35-27)21-7-6-19-10-12-31(13-11-20(19)15-21)25(33)5-3-4-14-32/h6-9,15-16,18,32H,3-5,10-14H2,1-2H3. The summed E-state index contributed by atoms with van der Waals surface area (Å²) < 4.78 is 5.72. The van der Waals surface area contributed by atoms with Crippen molar-refractivity contribution in [1.82, 2.24) is 15.1 Å². The number of nitriles is 1. The van der Waals surface area contributed by atoms with Crippen molar-refractivity contribution in [2.75, 3.05) is 19.7 Å². The van der Waals surface area contributed by atoms with Gasteiger partial charge >= 0.3 is 0 Å². The van der Waals surface area contributed by atoms with Crippen LogP contribution in [-0.4, -0.2) is 51.9 Å². The highest BCUT2D eigenvalue weighted by atomic mass is 32.1. The minimum atomic E-state index is -0.00856. The average molecular weight is 491 g/mol. The Balaban J connectivity index is 1.49. The molecular formula is C27H30N4O3S. The molecule has 0 saturated carbocycles. The molecule has 0 saturated heterocycles. The SMILES string of the molecule is CC(C)Oc1ccc(-c2nnc(-c3ccc4c(c3)CCN(C(=O)CCCCO)CC4)s2)cc1C#N. The van der Waals surface area contributed by atoms with E-state index in [4.69, 9.17) is 9.84 Å². The third kappa shape index (κ3) is 6.05. The second kappa shape index (κ2) is 11.4. The van der Waals surface area contributed by atoms with Crippen molar-refractivity contribution in [3.8, 4) is 33.0 Å². The lowest BCUT2D eigenvalue weighted by atomic mass is 10.0. The number of aliphatic hydroxyl groups excluding tert-OH is 1. The Bertz CT molecular complexity index is 1230. The van der Waals surface area contributed by atoms with Gasteiger partial charge in [-0.25, -0.2) is 0 Å². The predicted octanol–water partition coefficient (Wildman–Crippen LogP) is 4.62. The molecule has 1 N–H and O–H groups in total. The molecule has 1 aliphatic rings. The number of benzene rings is 2. The molecule has 7 nitrogen and oxygen atoms in total. The largest absolute Gasteiger partial charge is 0.490 e. The molecule has 0 atom stereocenters. The molecule has 8 heteroatoms. The summed E-state index contributed by atoms with van der Waals surface area (Å²) in [5.41, 5.74) is 4.84. The smallest absolute Gasteiger partial charge is 0.222 e. The molecule has 182 valence electrons. The van der Waals surface area contributed by atoms with Gasteiger partial charge in [-0.05, 0) is 74.9 Å². The number of unbranched alkanes of at least 4 members (excludes halogenated alkanes) is 1. The molecule has 0 aliphatic carbocycles. The van der Waals surface area contributed by atoms with Crippen molar-refractivity contribution in [2.24, 2.45) is 0 Å². The molecule has 2 aromatic carbocycles. The van der Waals surface area contributed by atoms with Crippen LogP contribution in [0.15, 0.2) is 36.4 Å². The van der Waals surface area contributed by atoms with Crippen LogP contribution in [0.25, 0.3) is 21.1 Å². The Hall–Kier alpha value is -3.28. The second-order valence-corrected chi connectivity index (χ2v) is 9.92. The summed E-state index contributed by atoms with van der Waals surface area (Å²) in [5, 5.41) is 28.9. The Morgan fingerprint density at radius 3 is 2.46 bits per heavy atom. The van der Waals surface area contributed by atoms with Gasteiger partial charge in [-0.2, -0.15) is 5.26 Å². The van der Waals surface area contributed by atoms with E-state index in [1.807, 2.05) is 30.9 Å². The van der Waals surface area contributed by atoms with E-state index in [-0.39, 0.29) is 18.6 Å². The summed E-state index contributed by atoms with van der Waals surface area (Å²) in [4.78, 5) is 14.5. The molecule has 35 heavy (non-hydrogen) atoms. The Morgan fingerprint density at radius 1 is 1.09 bits per heavy atom. The second-order valence-electron chi connectivity index (χ2n) is 8.95. The lowest BCUT2D eigenvalue weighted by Crippen LogP contribution is -2.33. The third-order valence-corrected chi connectivity index (χ3v) is 7.06. The van der Waals surface area contributed by atoms with E-state index in [0.717, 1.165) is 46.9 Å². The first kappa shape index (κ1) is 24.8. The summed E-state index contributed by atoms with van der Waals surface area (Å²) in [6.07, 6.45) is 3.53. The number of carbonyl (C=O) groups is 1. The van der Waals surface area contributed by atoms with Crippen molar-refractivity contribution in [3.63, 3.8) is 0 Å². The maximum atomic E-state index is 12.5. The van der Waals surface area contributed by atoms with Gasteiger partial charge in [0.1, 0.15) is 21.8 Å².